The molecule has 0 aliphatic rings. The summed E-state index contributed by atoms with van der Waals surface area (Å²) in [6, 6.07) is -0.694. The van der Waals surface area contributed by atoms with E-state index in [2.05, 4.69) is 38.2 Å². The van der Waals surface area contributed by atoms with Crippen molar-refractivity contribution in [1.29, 1.82) is 0 Å². The SMILES string of the molecule is CCCCCCCC/C=C/CCCCCCCCCC(=O)OC(CCCCCCCCCC)CC(=O)NC(CO)C(O)CCCCCCCCCCCCCCC. The van der Waals surface area contributed by atoms with E-state index in [9.17, 15) is 19.8 Å². The Hall–Kier alpha value is -1.40. The highest BCUT2D eigenvalue weighted by Crippen LogP contribution is 2.18. The zero-order valence-electron chi connectivity index (χ0n) is 38.5. The summed E-state index contributed by atoms with van der Waals surface area (Å²) >= 11 is 0. The van der Waals surface area contributed by atoms with Gasteiger partial charge in [0.25, 0.3) is 0 Å². The van der Waals surface area contributed by atoms with Crippen LogP contribution in [0, 0.1) is 0 Å². The standard InChI is InChI=1S/C51H99NO5/c1-4-7-10-13-16-19-21-23-24-25-26-28-30-32-35-38-41-44-51(56)57-47(42-39-36-33-18-15-12-9-6-3)45-50(55)52-48(46-53)49(54)43-40-37-34-31-29-27-22-20-17-14-11-8-5-2/h23-24,47-49,53-54H,4-22,25-46H2,1-3H3,(H,52,55)/b24-23+. The fourth-order valence-corrected chi connectivity index (χ4v) is 7.96. The number of aliphatic hydroxyl groups is 2. The Labute approximate surface area is 355 Å². The monoisotopic (exact) mass is 806 g/mol. The van der Waals surface area contributed by atoms with E-state index in [1.54, 1.807) is 0 Å². The van der Waals surface area contributed by atoms with Gasteiger partial charge in [-0.05, 0) is 51.4 Å². The lowest BCUT2D eigenvalue weighted by Crippen LogP contribution is -2.46. The molecule has 57 heavy (non-hydrogen) atoms. The Bertz CT molecular complexity index is 863. The van der Waals surface area contributed by atoms with E-state index in [1.807, 2.05) is 0 Å². The van der Waals surface area contributed by atoms with Crippen LogP contribution in [0.2, 0.25) is 0 Å². The summed E-state index contributed by atoms with van der Waals surface area (Å²) in [7, 11) is 0. The van der Waals surface area contributed by atoms with Crippen LogP contribution in [0.25, 0.3) is 0 Å². The van der Waals surface area contributed by atoms with Crippen molar-refractivity contribution in [3.8, 4) is 0 Å². The molecule has 0 heterocycles. The lowest BCUT2D eigenvalue weighted by Gasteiger charge is -2.24. The van der Waals surface area contributed by atoms with Gasteiger partial charge in [0, 0.05) is 6.42 Å². The van der Waals surface area contributed by atoms with E-state index in [-0.39, 0.29) is 24.9 Å². The molecule has 0 bridgehead atoms. The van der Waals surface area contributed by atoms with E-state index in [0.717, 1.165) is 44.9 Å². The molecule has 0 saturated carbocycles. The van der Waals surface area contributed by atoms with E-state index < -0.39 is 18.2 Å². The average molecular weight is 806 g/mol. The fraction of sp³-hybridized carbons (Fsp3) is 0.922. The van der Waals surface area contributed by atoms with Crippen LogP contribution in [0.15, 0.2) is 12.2 Å². The van der Waals surface area contributed by atoms with Gasteiger partial charge < -0.3 is 20.3 Å². The highest BCUT2D eigenvalue weighted by molar-refractivity contribution is 5.77. The lowest BCUT2D eigenvalue weighted by molar-refractivity contribution is -0.151. The van der Waals surface area contributed by atoms with Crippen LogP contribution in [0.1, 0.15) is 278 Å². The first-order valence-corrected chi connectivity index (χ1v) is 25.4. The van der Waals surface area contributed by atoms with Gasteiger partial charge in [0.15, 0.2) is 0 Å². The molecule has 3 unspecified atom stereocenters. The molecule has 0 fully saturated rings. The molecule has 0 aromatic rings. The summed E-state index contributed by atoms with van der Waals surface area (Å²) in [6.07, 6.45) is 49.9. The van der Waals surface area contributed by atoms with Gasteiger partial charge in [-0.3, -0.25) is 9.59 Å². The highest BCUT2D eigenvalue weighted by Gasteiger charge is 2.24. The van der Waals surface area contributed by atoms with Crippen molar-refractivity contribution in [2.24, 2.45) is 0 Å². The molecular formula is C51H99NO5. The minimum Gasteiger partial charge on any atom is -0.462 e. The maximum atomic E-state index is 13.1. The Morgan fingerprint density at radius 2 is 0.842 bits per heavy atom. The van der Waals surface area contributed by atoms with Gasteiger partial charge in [0.1, 0.15) is 6.10 Å². The maximum absolute atomic E-state index is 13.1. The van der Waals surface area contributed by atoms with Gasteiger partial charge in [-0.1, -0.05) is 226 Å². The largest absolute Gasteiger partial charge is 0.462 e. The van der Waals surface area contributed by atoms with Crippen LogP contribution in [-0.2, 0) is 14.3 Å². The predicted molar refractivity (Wildman–Crippen MR) is 246 cm³/mol. The zero-order valence-corrected chi connectivity index (χ0v) is 38.5. The predicted octanol–water partition coefficient (Wildman–Crippen LogP) is 15.0. The van der Waals surface area contributed by atoms with Crippen molar-refractivity contribution >= 4 is 11.9 Å². The minimum absolute atomic E-state index is 0.0818. The number of nitrogens with one attached hydrogen (secondary N) is 1. The topological polar surface area (TPSA) is 95.9 Å². The first kappa shape index (κ1) is 55.6. The second-order valence-corrected chi connectivity index (χ2v) is 17.6. The molecule has 6 heteroatoms. The summed E-state index contributed by atoms with van der Waals surface area (Å²) in [6.45, 7) is 6.47. The summed E-state index contributed by atoms with van der Waals surface area (Å²) in [5, 5.41) is 23.7. The highest BCUT2D eigenvalue weighted by atomic mass is 16.5. The molecule has 1 amide bonds. The van der Waals surface area contributed by atoms with Gasteiger partial charge in [0.2, 0.25) is 5.91 Å². The Morgan fingerprint density at radius 1 is 0.491 bits per heavy atom. The van der Waals surface area contributed by atoms with Crippen LogP contribution in [0.3, 0.4) is 0 Å². The molecule has 0 radical (unpaired) electrons. The third-order valence-corrected chi connectivity index (χ3v) is 11.8. The molecule has 0 aromatic carbocycles. The molecule has 3 N–H and O–H groups in total. The summed E-state index contributed by atoms with van der Waals surface area (Å²) in [5.74, 6) is -0.467. The van der Waals surface area contributed by atoms with Crippen LogP contribution in [0.5, 0.6) is 0 Å². The Balaban J connectivity index is 4.39. The van der Waals surface area contributed by atoms with Crippen LogP contribution in [0.4, 0.5) is 0 Å². The number of hydrogen-bond donors (Lipinski definition) is 3. The molecular weight excluding hydrogens is 707 g/mol. The number of amides is 1. The van der Waals surface area contributed by atoms with Gasteiger partial charge in [-0.2, -0.15) is 0 Å². The van der Waals surface area contributed by atoms with Gasteiger partial charge in [-0.15, -0.1) is 0 Å². The number of rotatable bonds is 46. The normalized spacial score (nSPS) is 13.3. The number of carbonyl (C=O) groups is 2. The molecule has 0 spiro atoms. The Morgan fingerprint density at radius 3 is 1.25 bits per heavy atom. The number of carbonyl (C=O) groups excluding carboxylic acids is 2. The number of allylic oxidation sites excluding steroid dienone is 2. The first-order chi connectivity index (χ1) is 28.0. The van der Waals surface area contributed by atoms with E-state index >= 15 is 0 Å². The second kappa shape index (κ2) is 45.7. The van der Waals surface area contributed by atoms with Gasteiger partial charge in [-0.25, -0.2) is 0 Å². The van der Waals surface area contributed by atoms with Crippen molar-refractivity contribution in [1.82, 2.24) is 5.32 Å². The fourth-order valence-electron chi connectivity index (χ4n) is 7.96. The molecule has 0 saturated heterocycles. The number of esters is 1. The third-order valence-electron chi connectivity index (χ3n) is 11.8. The summed E-state index contributed by atoms with van der Waals surface area (Å²) < 4.78 is 5.91. The van der Waals surface area contributed by atoms with E-state index in [0.29, 0.717) is 19.3 Å². The van der Waals surface area contributed by atoms with Crippen molar-refractivity contribution in [2.45, 2.75) is 296 Å². The average Bonchev–Trinajstić information content (AvgIpc) is 3.20. The number of unbranched alkanes of at least 4 members (excludes halogenated alkanes) is 32. The van der Waals surface area contributed by atoms with Crippen LogP contribution < -0.4 is 5.32 Å². The smallest absolute Gasteiger partial charge is 0.306 e. The molecule has 3 atom stereocenters. The van der Waals surface area contributed by atoms with E-state index in [1.165, 1.54) is 186 Å². The number of ether oxygens (including phenoxy) is 1. The van der Waals surface area contributed by atoms with Crippen molar-refractivity contribution in [3.05, 3.63) is 12.2 Å². The van der Waals surface area contributed by atoms with E-state index in [4.69, 9.17) is 4.74 Å². The number of hydrogen-bond acceptors (Lipinski definition) is 5. The summed E-state index contributed by atoms with van der Waals surface area (Å²) in [5.41, 5.74) is 0. The Kier molecular flexibility index (Phi) is 44.6. The van der Waals surface area contributed by atoms with Crippen molar-refractivity contribution in [2.75, 3.05) is 6.61 Å². The molecule has 0 aromatic heterocycles. The molecule has 0 aliphatic heterocycles. The first-order valence-electron chi connectivity index (χ1n) is 25.4. The number of aliphatic hydroxyl groups excluding tert-OH is 2. The van der Waals surface area contributed by atoms with Crippen molar-refractivity contribution in [3.63, 3.8) is 0 Å². The minimum atomic E-state index is -0.781. The molecule has 6 nitrogen and oxygen atoms in total. The molecule has 0 aliphatic carbocycles. The van der Waals surface area contributed by atoms with Crippen molar-refractivity contribution < 1.29 is 24.5 Å². The maximum Gasteiger partial charge on any atom is 0.306 e. The lowest BCUT2D eigenvalue weighted by atomic mass is 10.0. The summed E-state index contributed by atoms with van der Waals surface area (Å²) in [4.78, 5) is 26.0. The van der Waals surface area contributed by atoms with Crippen LogP contribution >= 0.6 is 0 Å². The van der Waals surface area contributed by atoms with Gasteiger partial charge in [0.05, 0.1) is 25.2 Å². The molecule has 0 rings (SSSR count). The quantitative estimate of drug-likeness (QED) is 0.0323. The van der Waals surface area contributed by atoms with Gasteiger partial charge >= 0.3 is 5.97 Å². The third kappa shape index (κ3) is 41.1. The van der Waals surface area contributed by atoms with Crippen LogP contribution in [-0.4, -0.2) is 46.9 Å². The second-order valence-electron chi connectivity index (χ2n) is 17.6. The zero-order chi connectivity index (χ0) is 41.7. The molecule has 338 valence electrons.